The molecule has 1 saturated heterocycles. The Labute approximate surface area is 178 Å². The van der Waals surface area contributed by atoms with Crippen LogP contribution in [0.2, 0.25) is 0 Å². The second-order valence-electron chi connectivity index (χ2n) is 7.63. The number of hydrogen-bond donors (Lipinski definition) is 2. The molecule has 2 atom stereocenters. The molecule has 0 bridgehead atoms. The molecule has 1 aliphatic heterocycles. The Bertz CT molecular complexity index is 1140. The fraction of sp³-hybridized carbons (Fsp3) is 0.364. The number of β-amino-alcohol motifs (C(OH)–C–C–N with tert-alkyl or cyclic N) is 1. The number of thiazole rings is 1. The second kappa shape index (κ2) is 7.99. The minimum Gasteiger partial charge on any atom is -0.395 e. The van der Waals surface area contributed by atoms with E-state index in [0.717, 1.165) is 34.8 Å². The molecule has 0 unspecified atom stereocenters. The molecule has 5 rings (SSSR count). The van der Waals surface area contributed by atoms with Crippen LogP contribution in [0.4, 0.5) is 11.4 Å². The van der Waals surface area contributed by atoms with E-state index in [9.17, 15) is 5.11 Å². The van der Waals surface area contributed by atoms with Crippen LogP contribution in [-0.4, -0.2) is 45.7 Å². The summed E-state index contributed by atoms with van der Waals surface area (Å²) in [7, 11) is 0. The molecule has 1 aromatic carbocycles. The standard InChI is InChI=1S/C22H24N4OS2/c1-14-16(3-2-8-26(14)9-10-27)21-12-17-18(6-7-23-22(17)29-21)25-15-4-5-20-19(11-15)24-13-28-20/h4-7,11-14,16,27H,2-3,8-10H2,1H3,(H,23,25)/t14-,16+/m0/s1. The van der Waals surface area contributed by atoms with E-state index in [1.807, 2.05) is 17.8 Å². The van der Waals surface area contributed by atoms with Crippen LogP contribution in [0.3, 0.4) is 0 Å². The van der Waals surface area contributed by atoms with E-state index >= 15 is 0 Å². The van der Waals surface area contributed by atoms with Gasteiger partial charge >= 0.3 is 0 Å². The third-order valence-corrected chi connectivity index (χ3v) is 7.92. The highest BCUT2D eigenvalue weighted by Gasteiger charge is 2.30. The smallest absolute Gasteiger partial charge is 0.125 e. The molecule has 0 aliphatic carbocycles. The Kier molecular flexibility index (Phi) is 5.22. The Morgan fingerprint density at radius 3 is 3.07 bits per heavy atom. The average Bonchev–Trinajstić information content (AvgIpc) is 3.36. The number of fused-ring (bicyclic) bond motifs is 2. The minimum atomic E-state index is 0.225. The van der Waals surface area contributed by atoms with Crippen LogP contribution in [0.15, 0.2) is 42.0 Å². The predicted octanol–water partition coefficient (Wildman–Crippen LogP) is 5.21. The summed E-state index contributed by atoms with van der Waals surface area (Å²) in [5.74, 6) is 0.494. The lowest BCUT2D eigenvalue weighted by Crippen LogP contribution is -2.43. The van der Waals surface area contributed by atoms with Gasteiger partial charge in [0.1, 0.15) is 4.83 Å². The number of pyridine rings is 1. The minimum absolute atomic E-state index is 0.225. The number of thiophene rings is 1. The molecule has 7 heteroatoms. The number of rotatable bonds is 5. The normalized spacial score (nSPS) is 20.5. The number of likely N-dealkylation sites (tertiary alicyclic amines) is 1. The lowest BCUT2D eigenvalue weighted by Gasteiger charge is -2.38. The molecule has 3 aromatic heterocycles. The summed E-state index contributed by atoms with van der Waals surface area (Å²) in [5.41, 5.74) is 5.04. The lowest BCUT2D eigenvalue weighted by atomic mass is 9.88. The molecule has 4 aromatic rings. The number of aromatic nitrogens is 2. The quantitative estimate of drug-likeness (QED) is 0.460. The van der Waals surface area contributed by atoms with E-state index in [1.165, 1.54) is 27.8 Å². The predicted molar refractivity (Wildman–Crippen MR) is 123 cm³/mol. The van der Waals surface area contributed by atoms with Crippen LogP contribution in [0.25, 0.3) is 20.4 Å². The fourth-order valence-corrected chi connectivity index (χ4v) is 6.30. The van der Waals surface area contributed by atoms with Gasteiger partial charge in [0.2, 0.25) is 0 Å². The van der Waals surface area contributed by atoms with Crippen LogP contribution >= 0.6 is 22.7 Å². The van der Waals surface area contributed by atoms with Crippen LogP contribution in [0.5, 0.6) is 0 Å². The molecule has 5 nitrogen and oxygen atoms in total. The van der Waals surface area contributed by atoms with Crippen molar-refractivity contribution in [2.24, 2.45) is 0 Å². The Morgan fingerprint density at radius 2 is 2.17 bits per heavy atom. The Morgan fingerprint density at radius 1 is 1.24 bits per heavy atom. The van der Waals surface area contributed by atoms with Crippen LogP contribution in [-0.2, 0) is 0 Å². The maximum atomic E-state index is 9.38. The largest absolute Gasteiger partial charge is 0.395 e. The van der Waals surface area contributed by atoms with Crippen LogP contribution < -0.4 is 5.32 Å². The topological polar surface area (TPSA) is 61.3 Å². The first kappa shape index (κ1) is 18.9. The van der Waals surface area contributed by atoms with Gasteiger partial charge in [-0.2, -0.15) is 0 Å². The second-order valence-corrected chi connectivity index (χ2v) is 9.58. The summed E-state index contributed by atoms with van der Waals surface area (Å²) in [4.78, 5) is 13.9. The first-order chi connectivity index (χ1) is 14.2. The van der Waals surface area contributed by atoms with Crippen molar-refractivity contribution in [3.8, 4) is 0 Å². The van der Waals surface area contributed by atoms with Crippen molar-refractivity contribution in [1.29, 1.82) is 0 Å². The maximum absolute atomic E-state index is 9.38. The number of anilines is 2. The summed E-state index contributed by atoms with van der Waals surface area (Å²) in [6.07, 6.45) is 4.25. The van der Waals surface area contributed by atoms with E-state index in [2.05, 4.69) is 51.4 Å². The summed E-state index contributed by atoms with van der Waals surface area (Å²) in [5, 5.41) is 14.1. The highest BCUT2D eigenvalue weighted by Crippen LogP contribution is 2.40. The van der Waals surface area contributed by atoms with Crippen molar-refractivity contribution >= 4 is 54.5 Å². The van der Waals surface area contributed by atoms with Crippen molar-refractivity contribution in [1.82, 2.24) is 14.9 Å². The van der Waals surface area contributed by atoms with E-state index < -0.39 is 0 Å². The monoisotopic (exact) mass is 424 g/mol. The van der Waals surface area contributed by atoms with Gasteiger partial charge in [0.15, 0.2) is 0 Å². The summed E-state index contributed by atoms with van der Waals surface area (Å²) in [6, 6.07) is 11.1. The highest BCUT2D eigenvalue weighted by atomic mass is 32.1. The number of hydrogen-bond acceptors (Lipinski definition) is 7. The van der Waals surface area contributed by atoms with Crippen molar-refractivity contribution in [3.05, 3.63) is 46.9 Å². The van der Waals surface area contributed by atoms with Gasteiger partial charge in [-0.25, -0.2) is 9.97 Å². The molecule has 4 heterocycles. The third-order valence-electron chi connectivity index (χ3n) is 5.94. The summed E-state index contributed by atoms with van der Waals surface area (Å²) < 4.78 is 1.20. The summed E-state index contributed by atoms with van der Waals surface area (Å²) >= 11 is 3.47. The van der Waals surface area contributed by atoms with Gasteiger partial charge in [0, 0.05) is 40.7 Å². The molecule has 0 saturated carbocycles. The van der Waals surface area contributed by atoms with Gasteiger partial charge in [-0.3, -0.25) is 4.90 Å². The SMILES string of the molecule is C[C@H]1[C@H](c2cc3c(Nc4ccc5scnc5c4)ccnc3s2)CCCN1CCO. The lowest BCUT2D eigenvalue weighted by molar-refractivity contribution is 0.111. The summed E-state index contributed by atoms with van der Waals surface area (Å²) in [6.45, 7) is 4.35. The fourth-order valence-electron chi connectivity index (χ4n) is 4.38. The molecule has 29 heavy (non-hydrogen) atoms. The molecule has 1 aliphatic rings. The number of aliphatic hydroxyl groups is 1. The van der Waals surface area contributed by atoms with Crippen molar-refractivity contribution < 1.29 is 5.11 Å². The zero-order chi connectivity index (χ0) is 19.8. The van der Waals surface area contributed by atoms with Gasteiger partial charge in [0.25, 0.3) is 0 Å². The average molecular weight is 425 g/mol. The Balaban J connectivity index is 1.46. The van der Waals surface area contributed by atoms with Crippen molar-refractivity contribution in [2.45, 2.75) is 31.7 Å². The van der Waals surface area contributed by atoms with E-state index in [4.69, 9.17) is 0 Å². The first-order valence-corrected chi connectivity index (χ1v) is 11.8. The molecular weight excluding hydrogens is 400 g/mol. The highest BCUT2D eigenvalue weighted by molar-refractivity contribution is 7.18. The molecule has 150 valence electrons. The third kappa shape index (κ3) is 3.64. The zero-order valence-electron chi connectivity index (χ0n) is 16.3. The Hall–Kier alpha value is -2.06. The van der Waals surface area contributed by atoms with E-state index in [0.29, 0.717) is 12.0 Å². The van der Waals surface area contributed by atoms with Crippen molar-refractivity contribution in [3.63, 3.8) is 0 Å². The molecule has 0 spiro atoms. The van der Waals surface area contributed by atoms with Gasteiger partial charge in [0.05, 0.1) is 28.0 Å². The first-order valence-electron chi connectivity index (χ1n) is 10.1. The number of nitrogens with one attached hydrogen (secondary N) is 1. The molecule has 0 radical (unpaired) electrons. The zero-order valence-corrected chi connectivity index (χ0v) is 18.0. The number of piperidine rings is 1. The number of nitrogens with zero attached hydrogens (tertiary/aromatic N) is 3. The van der Waals surface area contributed by atoms with E-state index in [-0.39, 0.29) is 6.61 Å². The van der Waals surface area contributed by atoms with Gasteiger partial charge < -0.3 is 10.4 Å². The molecular formula is C22H24N4OS2. The van der Waals surface area contributed by atoms with Crippen molar-refractivity contribution in [2.75, 3.05) is 25.0 Å². The molecule has 2 N–H and O–H groups in total. The maximum Gasteiger partial charge on any atom is 0.125 e. The number of aliphatic hydroxyl groups excluding tert-OH is 1. The van der Waals surface area contributed by atoms with Gasteiger partial charge in [-0.15, -0.1) is 22.7 Å². The van der Waals surface area contributed by atoms with Gasteiger partial charge in [-0.05, 0) is 56.6 Å². The van der Waals surface area contributed by atoms with Crippen LogP contribution in [0, 0.1) is 0 Å². The molecule has 0 amide bonds. The van der Waals surface area contributed by atoms with Crippen LogP contribution in [0.1, 0.15) is 30.6 Å². The van der Waals surface area contributed by atoms with Gasteiger partial charge in [-0.1, -0.05) is 0 Å². The van der Waals surface area contributed by atoms with E-state index in [1.54, 1.807) is 22.7 Å². The number of benzene rings is 1. The molecule has 1 fully saturated rings.